The number of carbonyl (C=O) groups excluding carboxylic acids is 2. The number of rotatable bonds is 4. The Morgan fingerprint density at radius 2 is 2.00 bits per heavy atom. The van der Waals surface area contributed by atoms with E-state index < -0.39 is 11.7 Å². The number of hydrogen-bond donors (Lipinski definition) is 0. The van der Waals surface area contributed by atoms with Crippen LogP contribution in [0, 0.1) is 6.92 Å². The molecule has 0 fully saturated rings. The number of aryl methyl sites for hydroxylation is 1. The number of amides is 1. The topological polar surface area (TPSA) is 37.4 Å². The molecule has 1 aliphatic rings. The predicted molar refractivity (Wildman–Crippen MR) is 83.2 cm³/mol. The molecule has 0 saturated heterocycles. The Labute approximate surface area is 125 Å². The number of Topliss-reactive ketones (excluding diaryl/α,β-unsaturated/α-hetero) is 1. The van der Waals surface area contributed by atoms with Crippen molar-refractivity contribution in [1.82, 2.24) is 0 Å². The van der Waals surface area contributed by atoms with E-state index in [9.17, 15) is 9.59 Å². The monoisotopic (exact) mass is 341 g/mol. The van der Waals surface area contributed by atoms with Gasteiger partial charge < -0.3 is 4.90 Å². The largest absolute Gasteiger partial charge is 0.304 e. The van der Waals surface area contributed by atoms with Gasteiger partial charge in [0.2, 0.25) is 0 Å². The smallest absolute Gasteiger partial charge is 0.299 e. The van der Waals surface area contributed by atoms with E-state index in [4.69, 9.17) is 0 Å². The Balaban J connectivity index is 2.28. The molecule has 0 N–H and O–H groups in total. The van der Waals surface area contributed by atoms with Gasteiger partial charge in [0.15, 0.2) is 0 Å². The van der Waals surface area contributed by atoms with Crippen molar-refractivity contribution in [2.24, 2.45) is 0 Å². The second-order valence-corrected chi connectivity index (χ2v) is 7.42. The van der Waals surface area contributed by atoms with Crippen LogP contribution in [0.3, 0.4) is 0 Å². The zero-order valence-electron chi connectivity index (χ0n) is 11.2. The van der Waals surface area contributed by atoms with Crippen molar-refractivity contribution in [3.05, 3.63) is 27.7 Å². The summed E-state index contributed by atoms with van der Waals surface area (Å²) in [6.45, 7) is 6.76. The zero-order chi connectivity index (χ0) is 14.2. The van der Waals surface area contributed by atoms with E-state index in [1.165, 1.54) is 0 Å². The molecule has 0 radical (unpaired) electrons. The van der Waals surface area contributed by atoms with Crippen LogP contribution in [0.25, 0.3) is 0 Å². The number of benzene rings is 1. The second-order valence-electron chi connectivity index (χ2n) is 4.82. The minimum absolute atomic E-state index is 0.394. The van der Waals surface area contributed by atoms with E-state index in [1.807, 2.05) is 13.0 Å². The molecule has 19 heavy (non-hydrogen) atoms. The van der Waals surface area contributed by atoms with E-state index in [0.29, 0.717) is 17.4 Å². The maximum Gasteiger partial charge on any atom is 0.299 e. The lowest BCUT2D eigenvalue weighted by Gasteiger charge is -2.19. The Morgan fingerprint density at radius 3 is 2.63 bits per heavy atom. The summed E-state index contributed by atoms with van der Waals surface area (Å²) in [4.78, 5) is 25.7. The number of halogens is 1. The lowest BCUT2D eigenvalue weighted by atomic mass is 10.1. The van der Waals surface area contributed by atoms with Gasteiger partial charge in [-0.3, -0.25) is 9.59 Å². The third kappa shape index (κ3) is 2.87. The summed E-state index contributed by atoms with van der Waals surface area (Å²) in [5, 5.41) is 0.527. The lowest BCUT2D eigenvalue weighted by molar-refractivity contribution is -0.114. The van der Waals surface area contributed by atoms with Gasteiger partial charge in [0.1, 0.15) is 0 Å². The lowest BCUT2D eigenvalue weighted by Crippen LogP contribution is -2.32. The number of ketones is 1. The van der Waals surface area contributed by atoms with E-state index >= 15 is 0 Å². The molecule has 1 heterocycles. The third-order valence-electron chi connectivity index (χ3n) is 2.99. The minimum Gasteiger partial charge on any atom is -0.304 e. The molecule has 3 nitrogen and oxygen atoms in total. The molecule has 102 valence electrons. The van der Waals surface area contributed by atoms with Crippen LogP contribution in [-0.4, -0.2) is 29.2 Å². The fourth-order valence-electron chi connectivity index (χ4n) is 2.20. The molecule has 0 bridgehead atoms. The molecule has 0 atom stereocenters. The summed E-state index contributed by atoms with van der Waals surface area (Å²) < 4.78 is 0.836. The van der Waals surface area contributed by atoms with E-state index in [1.54, 1.807) is 22.7 Å². The summed E-state index contributed by atoms with van der Waals surface area (Å²) in [5.41, 5.74) is 2.26. The number of anilines is 1. The third-order valence-corrected chi connectivity index (χ3v) is 4.53. The van der Waals surface area contributed by atoms with Gasteiger partial charge in [0.05, 0.1) is 11.3 Å². The summed E-state index contributed by atoms with van der Waals surface area (Å²) in [6, 6.07) is 3.67. The molecule has 1 aliphatic heterocycles. The van der Waals surface area contributed by atoms with Gasteiger partial charge in [0, 0.05) is 16.8 Å². The second kappa shape index (κ2) is 5.67. The highest BCUT2D eigenvalue weighted by atomic mass is 79.9. The van der Waals surface area contributed by atoms with Gasteiger partial charge in [0.25, 0.3) is 11.7 Å². The average Bonchev–Trinajstić information content (AvgIpc) is 2.54. The van der Waals surface area contributed by atoms with E-state index in [2.05, 4.69) is 29.8 Å². The van der Waals surface area contributed by atoms with Gasteiger partial charge in [-0.1, -0.05) is 29.8 Å². The highest BCUT2D eigenvalue weighted by molar-refractivity contribution is 9.10. The molecular formula is C14H16BrNO2S. The number of fused-ring (bicyclic) bond motifs is 1. The molecule has 0 saturated carbocycles. The Kier molecular flexibility index (Phi) is 4.36. The maximum absolute atomic E-state index is 12.1. The quantitative estimate of drug-likeness (QED) is 0.787. The predicted octanol–water partition coefficient (Wildman–Crippen LogP) is 3.43. The molecule has 0 aliphatic carbocycles. The van der Waals surface area contributed by atoms with Crippen LogP contribution in [-0.2, 0) is 4.79 Å². The van der Waals surface area contributed by atoms with Crippen molar-refractivity contribution >= 4 is 45.1 Å². The van der Waals surface area contributed by atoms with Crippen molar-refractivity contribution in [3.8, 4) is 0 Å². The van der Waals surface area contributed by atoms with E-state index in [-0.39, 0.29) is 0 Å². The fourth-order valence-corrected chi connectivity index (χ4v) is 3.53. The van der Waals surface area contributed by atoms with Crippen LogP contribution in [0.4, 0.5) is 5.69 Å². The Hall–Kier alpha value is -0.810. The van der Waals surface area contributed by atoms with Crippen molar-refractivity contribution in [1.29, 1.82) is 0 Å². The first-order chi connectivity index (χ1) is 8.91. The number of nitrogens with zero attached hydrogens (tertiary/aromatic N) is 1. The highest BCUT2D eigenvalue weighted by Crippen LogP contribution is 2.35. The van der Waals surface area contributed by atoms with Crippen LogP contribution in [0.15, 0.2) is 16.6 Å². The number of thioether (sulfide) groups is 1. The van der Waals surface area contributed by atoms with Gasteiger partial charge in [-0.25, -0.2) is 0 Å². The van der Waals surface area contributed by atoms with Crippen LogP contribution in [0.5, 0.6) is 0 Å². The average molecular weight is 342 g/mol. The summed E-state index contributed by atoms with van der Waals surface area (Å²) in [5.74, 6) is 0.0422. The molecule has 1 aromatic rings. The van der Waals surface area contributed by atoms with Crippen molar-refractivity contribution in [2.75, 3.05) is 17.2 Å². The Morgan fingerprint density at radius 1 is 1.32 bits per heavy atom. The maximum atomic E-state index is 12.1. The van der Waals surface area contributed by atoms with E-state index in [0.717, 1.165) is 21.5 Å². The first-order valence-electron chi connectivity index (χ1n) is 6.19. The van der Waals surface area contributed by atoms with Crippen LogP contribution < -0.4 is 4.90 Å². The SMILES string of the molecule is Cc1cc(Br)cc2c1N(CCSC(C)C)C(=O)C2=O. The fraction of sp³-hybridized carbons (Fsp3) is 0.429. The van der Waals surface area contributed by atoms with Gasteiger partial charge in [-0.05, 0) is 29.9 Å². The molecule has 0 spiro atoms. The summed E-state index contributed by atoms with van der Waals surface area (Å²) in [6.07, 6.45) is 0. The normalized spacial score (nSPS) is 14.5. The standard InChI is InChI=1S/C14H16BrNO2S/c1-8(2)19-5-4-16-12-9(3)6-10(15)7-11(12)13(17)14(16)18/h6-8H,4-5H2,1-3H3. The van der Waals surface area contributed by atoms with Crippen molar-refractivity contribution in [2.45, 2.75) is 26.0 Å². The molecular weight excluding hydrogens is 326 g/mol. The minimum atomic E-state index is -0.402. The first kappa shape index (κ1) is 14.6. The van der Waals surface area contributed by atoms with Crippen LogP contribution >= 0.6 is 27.7 Å². The van der Waals surface area contributed by atoms with Crippen molar-refractivity contribution < 1.29 is 9.59 Å². The molecule has 0 unspecified atom stereocenters. The summed E-state index contributed by atoms with van der Waals surface area (Å²) >= 11 is 5.16. The first-order valence-corrected chi connectivity index (χ1v) is 8.04. The molecule has 0 aromatic heterocycles. The van der Waals surface area contributed by atoms with Crippen LogP contribution in [0.1, 0.15) is 29.8 Å². The summed E-state index contributed by atoms with van der Waals surface area (Å²) in [7, 11) is 0. The zero-order valence-corrected chi connectivity index (χ0v) is 13.6. The highest BCUT2D eigenvalue weighted by Gasteiger charge is 2.36. The number of hydrogen-bond acceptors (Lipinski definition) is 3. The molecule has 5 heteroatoms. The van der Waals surface area contributed by atoms with Gasteiger partial charge >= 0.3 is 0 Å². The number of carbonyl (C=O) groups is 2. The Bertz CT molecular complexity index is 542. The molecule has 1 amide bonds. The van der Waals surface area contributed by atoms with Gasteiger partial charge in [-0.2, -0.15) is 11.8 Å². The van der Waals surface area contributed by atoms with Crippen LogP contribution in [0.2, 0.25) is 0 Å². The van der Waals surface area contributed by atoms with Gasteiger partial charge in [-0.15, -0.1) is 0 Å². The van der Waals surface area contributed by atoms with Crippen molar-refractivity contribution in [3.63, 3.8) is 0 Å². The molecule has 2 rings (SSSR count). The molecule has 1 aromatic carbocycles.